The first-order chi connectivity index (χ1) is 17.8. The molecular formula is C29H34ClN3O4S. The lowest BCUT2D eigenvalue weighted by Gasteiger charge is -2.33. The van der Waals surface area contributed by atoms with Crippen molar-refractivity contribution in [1.82, 2.24) is 10.2 Å². The van der Waals surface area contributed by atoms with Gasteiger partial charge in [0.15, 0.2) is 0 Å². The molecular weight excluding hydrogens is 522 g/mol. The molecule has 3 rings (SSSR count). The lowest BCUT2D eigenvalue weighted by atomic mass is 10.1. The van der Waals surface area contributed by atoms with Gasteiger partial charge in [-0.15, -0.1) is 0 Å². The fourth-order valence-corrected chi connectivity index (χ4v) is 5.35. The topological polar surface area (TPSA) is 86.8 Å². The van der Waals surface area contributed by atoms with Gasteiger partial charge in [0.25, 0.3) is 10.0 Å². The van der Waals surface area contributed by atoms with Crippen LogP contribution in [0.4, 0.5) is 5.69 Å². The summed E-state index contributed by atoms with van der Waals surface area (Å²) in [4.78, 5) is 28.4. The molecule has 1 N–H and O–H groups in total. The molecule has 7 nitrogen and oxygen atoms in total. The number of hydrogen-bond acceptors (Lipinski definition) is 4. The molecule has 3 aromatic carbocycles. The molecule has 38 heavy (non-hydrogen) atoms. The van der Waals surface area contributed by atoms with Crippen LogP contribution in [0.2, 0.25) is 5.02 Å². The number of carbonyl (C=O) groups is 2. The maximum atomic E-state index is 13.9. The predicted octanol–water partition coefficient (Wildman–Crippen LogP) is 5.18. The second-order valence-electron chi connectivity index (χ2n) is 10.2. The summed E-state index contributed by atoms with van der Waals surface area (Å²) in [5, 5.41) is 3.31. The Labute approximate surface area is 230 Å². The van der Waals surface area contributed by atoms with Crippen LogP contribution in [0, 0.1) is 6.92 Å². The van der Waals surface area contributed by atoms with Gasteiger partial charge >= 0.3 is 0 Å². The quantitative estimate of drug-likeness (QED) is 0.394. The summed E-state index contributed by atoms with van der Waals surface area (Å²) < 4.78 is 28.6. The lowest BCUT2D eigenvalue weighted by Crippen LogP contribution is -2.54. The molecule has 0 aromatic heterocycles. The van der Waals surface area contributed by atoms with Crippen LogP contribution in [0.25, 0.3) is 0 Å². The standard InChI is InChI=1S/C29H34ClN3O4S/c1-21-11-15-25(16-12-21)33(38(36,37)26-17-13-24(30)14-18-26)20-27(34)32(19-23-9-7-6-8-10-23)22(2)28(35)31-29(3,4)5/h6-18,22H,19-20H2,1-5H3,(H,31,35). The maximum Gasteiger partial charge on any atom is 0.264 e. The largest absolute Gasteiger partial charge is 0.350 e. The van der Waals surface area contributed by atoms with Crippen molar-refractivity contribution in [1.29, 1.82) is 0 Å². The number of amides is 2. The van der Waals surface area contributed by atoms with E-state index < -0.39 is 34.1 Å². The zero-order valence-electron chi connectivity index (χ0n) is 22.3. The summed E-state index contributed by atoms with van der Waals surface area (Å²) in [5.74, 6) is -0.840. The van der Waals surface area contributed by atoms with Gasteiger partial charge in [0, 0.05) is 17.1 Å². The van der Waals surface area contributed by atoms with Crippen LogP contribution >= 0.6 is 11.6 Å². The van der Waals surface area contributed by atoms with E-state index in [1.807, 2.05) is 58.0 Å². The van der Waals surface area contributed by atoms with Crippen molar-refractivity contribution >= 4 is 39.1 Å². The SMILES string of the molecule is Cc1ccc(N(CC(=O)N(Cc2ccccc2)C(C)C(=O)NC(C)(C)C)S(=O)(=O)c2ccc(Cl)cc2)cc1. The Morgan fingerprint density at radius 1 is 0.921 bits per heavy atom. The number of benzene rings is 3. The van der Waals surface area contributed by atoms with Crippen LogP contribution in [0.3, 0.4) is 0 Å². The van der Waals surface area contributed by atoms with Crippen LogP contribution < -0.4 is 9.62 Å². The molecule has 0 saturated heterocycles. The number of rotatable bonds is 9. The summed E-state index contributed by atoms with van der Waals surface area (Å²) >= 11 is 5.98. The van der Waals surface area contributed by atoms with E-state index in [1.165, 1.54) is 29.2 Å². The summed E-state index contributed by atoms with van der Waals surface area (Å²) in [6, 6.07) is 21.1. The van der Waals surface area contributed by atoms with E-state index in [1.54, 1.807) is 31.2 Å². The highest BCUT2D eigenvalue weighted by atomic mass is 35.5. The van der Waals surface area contributed by atoms with Crippen LogP contribution in [0.1, 0.15) is 38.8 Å². The van der Waals surface area contributed by atoms with Gasteiger partial charge in [0.05, 0.1) is 10.6 Å². The Bertz CT molecular complexity index is 1350. The highest BCUT2D eigenvalue weighted by Gasteiger charge is 2.33. The van der Waals surface area contributed by atoms with Crippen LogP contribution in [0.5, 0.6) is 0 Å². The van der Waals surface area contributed by atoms with E-state index in [4.69, 9.17) is 11.6 Å². The normalized spacial score (nSPS) is 12.5. The molecule has 0 fully saturated rings. The van der Waals surface area contributed by atoms with Gasteiger partial charge in [0.1, 0.15) is 12.6 Å². The molecule has 9 heteroatoms. The second kappa shape index (κ2) is 12.0. The average molecular weight is 556 g/mol. The second-order valence-corrected chi connectivity index (χ2v) is 12.5. The minimum Gasteiger partial charge on any atom is -0.350 e. The fraction of sp³-hybridized carbons (Fsp3) is 0.310. The highest BCUT2D eigenvalue weighted by Crippen LogP contribution is 2.26. The summed E-state index contributed by atoms with van der Waals surface area (Å²) in [6.45, 7) is 8.77. The Morgan fingerprint density at radius 3 is 2.05 bits per heavy atom. The fourth-order valence-electron chi connectivity index (χ4n) is 3.81. The van der Waals surface area contributed by atoms with E-state index in [0.717, 1.165) is 15.4 Å². The summed E-state index contributed by atoms with van der Waals surface area (Å²) in [6.07, 6.45) is 0. The highest BCUT2D eigenvalue weighted by molar-refractivity contribution is 7.92. The molecule has 0 aliphatic heterocycles. The van der Waals surface area contributed by atoms with Gasteiger partial charge in [-0.25, -0.2) is 8.42 Å². The van der Waals surface area contributed by atoms with Crippen LogP contribution in [-0.2, 0) is 26.2 Å². The molecule has 0 bridgehead atoms. The number of halogens is 1. The molecule has 0 aliphatic rings. The van der Waals surface area contributed by atoms with Crippen LogP contribution in [0.15, 0.2) is 83.8 Å². The molecule has 0 saturated carbocycles. The smallest absolute Gasteiger partial charge is 0.264 e. The van der Waals surface area contributed by atoms with Crippen molar-refractivity contribution < 1.29 is 18.0 Å². The zero-order chi connectivity index (χ0) is 28.1. The van der Waals surface area contributed by atoms with Crippen molar-refractivity contribution in [2.45, 2.75) is 57.6 Å². The Balaban J connectivity index is 2.02. The minimum atomic E-state index is -4.13. The van der Waals surface area contributed by atoms with E-state index in [0.29, 0.717) is 10.7 Å². The Morgan fingerprint density at radius 2 is 1.50 bits per heavy atom. The van der Waals surface area contributed by atoms with E-state index >= 15 is 0 Å². The molecule has 0 aliphatic carbocycles. The van der Waals surface area contributed by atoms with E-state index in [-0.39, 0.29) is 17.3 Å². The zero-order valence-corrected chi connectivity index (χ0v) is 23.9. The molecule has 1 unspecified atom stereocenters. The third-order valence-electron chi connectivity index (χ3n) is 5.86. The molecule has 202 valence electrons. The molecule has 0 radical (unpaired) electrons. The molecule has 2 amide bonds. The number of anilines is 1. The van der Waals surface area contributed by atoms with Gasteiger partial charge in [0.2, 0.25) is 11.8 Å². The number of nitrogens with zero attached hydrogens (tertiary/aromatic N) is 2. The molecule has 0 spiro atoms. The molecule has 0 heterocycles. The third kappa shape index (κ3) is 7.58. The van der Waals surface area contributed by atoms with E-state index in [2.05, 4.69) is 5.32 Å². The number of sulfonamides is 1. The molecule has 1 atom stereocenters. The Hall–Kier alpha value is -3.36. The predicted molar refractivity (Wildman–Crippen MR) is 152 cm³/mol. The Kier molecular flexibility index (Phi) is 9.22. The average Bonchev–Trinajstić information content (AvgIpc) is 2.85. The van der Waals surface area contributed by atoms with Crippen molar-refractivity contribution in [3.8, 4) is 0 Å². The first-order valence-electron chi connectivity index (χ1n) is 12.3. The summed E-state index contributed by atoms with van der Waals surface area (Å²) in [5.41, 5.74) is 1.60. The van der Waals surface area contributed by atoms with Crippen molar-refractivity contribution in [3.05, 3.63) is 95.0 Å². The molecule has 3 aromatic rings. The van der Waals surface area contributed by atoms with Gasteiger partial charge in [-0.2, -0.15) is 0 Å². The van der Waals surface area contributed by atoms with E-state index in [9.17, 15) is 18.0 Å². The number of aryl methyl sites for hydroxylation is 1. The van der Waals surface area contributed by atoms with Crippen molar-refractivity contribution in [2.24, 2.45) is 0 Å². The summed E-state index contributed by atoms with van der Waals surface area (Å²) in [7, 11) is -4.13. The monoisotopic (exact) mass is 555 g/mol. The first kappa shape index (κ1) is 29.2. The number of nitrogens with one attached hydrogen (secondary N) is 1. The van der Waals surface area contributed by atoms with Gasteiger partial charge in [-0.1, -0.05) is 59.6 Å². The van der Waals surface area contributed by atoms with Crippen LogP contribution in [-0.4, -0.2) is 43.3 Å². The van der Waals surface area contributed by atoms with Gasteiger partial charge < -0.3 is 10.2 Å². The number of carbonyl (C=O) groups excluding carboxylic acids is 2. The van der Waals surface area contributed by atoms with Gasteiger partial charge in [-0.3, -0.25) is 13.9 Å². The minimum absolute atomic E-state index is 0.00316. The first-order valence-corrected chi connectivity index (χ1v) is 14.1. The number of hydrogen-bond donors (Lipinski definition) is 1. The van der Waals surface area contributed by atoms with Crippen molar-refractivity contribution in [2.75, 3.05) is 10.8 Å². The lowest BCUT2D eigenvalue weighted by molar-refractivity contribution is -0.140. The van der Waals surface area contributed by atoms with Crippen molar-refractivity contribution in [3.63, 3.8) is 0 Å². The maximum absolute atomic E-state index is 13.9. The van der Waals surface area contributed by atoms with Gasteiger partial charge in [-0.05, 0) is 76.6 Å². The third-order valence-corrected chi connectivity index (χ3v) is 7.90.